The van der Waals surface area contributed by atoms with Gasteiger partial charge >= 0.3 is 0 Å². The van der Waals surface area contributed by atoms with Gasteiger partial charge in [-0.05, 0) is 29.8 Å². The second kappa shape index (κ2) is 6.14. The van der Waals surface area contributed by atoms with E-state index in [1.165, 1.54) is 0 Å². The Morgan fingerprint density at radius 1 is 1.00 bits per heavy atom. The molecule has 1 saturated heterocycles. The van der Waals surface area contributed by atoms with Crippen LogP contribution in [-0.2, 0) is 20.4 Å². The second-order valence-electron chi connectivity index (χ2n) is 4.86. The third-order valence-corrected chi connectivity index (χ3v) is 5.47. The summed E-state index contributed by atoms with van der Waals surface area (Å²) in [5, 5.41) is -0.803. The maximum Gasteiger partial charge on any atom is 0.254 e. The van der Waals surface area contributed by atoms with E-state index in [1.54, 1.807) is 48.5 Å². The second-order valence-corrected chi connectivity index (χ2v) is 7.30. The first-order valence-corrected chi connectivity index (χ1v) is 8.80. The van der Waals surface area contributed by atoms with E-state index in [0.29, 0.717) is 11.3 Å². The van der Waals surface area contributed by atoms with Gasteiger partial charge in [-0.2, -0.15) is 0 Å². The lowest BCUT2D eigenvalue weighted by Gasteiger charge is -2.30. The average molecular weight is 378 g/mol. The number of nitrogens with zero attached hydrogens (tertiary/aromatic N) is 1. The van der Waals surface area contributed by atoms with E-state index in [0.717, 1.165) is 9.37 Å². The fraction of sp³-hybridized carbons (Fsp3) is 0.125. The normalized spacial score (nSPS) is 22.0. The van der Waals surface area contributed by atoms with Gasteiger partial charge in [0.1, 0.15) is 11.0 Å². The van der Waals surface area contributed by atoms with Crippen LogP contribution in [0.4, 0.5) is 5.69 Å². The first-order chi connectivity index (χ1) is 10.6. The molecule has 2 aromatic rings. The molecule has 3 rings (SSSR count). The van der Waals surface area contributed by atoms with Gasteiger partial charge in [0.05, 0.1) is 5.69 Å². The summed E-state index contributed by atoms with van der Waals surface area (Å²) in [4.78, 5) is 26.0. The minimum atomic E-state index is -1.54. The summed E-state index contributed by atoms with van der Waals surface area (Å²) in [6, 6.07) is 15.8. The molecule has 0 radical (unpaired) electrons. The van der Waals surface area contributed by atoms with Gasteiger partial charge in [-0.3, -0.25) is 13.8 Å². The molecule has 0 bridgehead atoms. The summed E-state index contributed by atoms with van der Waals surface area (Å²) in [6.45, 7) is 0. The summed E-state index contributed by atoms with van der Waals surface area (Å²) in [6.07, 6.45) is 0. The molecule has 1 aliphatic heterocycles. The molecule has 1 fully saturated rings. The number of carbonyl (C=O) groups is 2. The largest absolute Gasteiger partial charge is 0.273 e. The van der Waals surface area contributed by atoms with Gasteiger partial charge in [0.15, 0.2) is 0 Å². The molecule has 1 aliphatic rings. The standard InChI is InChI=1S/C16H12BrNO3S/c17-12-6-8-13(9-7-12)18-14(19)10-22(21)15(16(18)20)11-4-2-1-3-5-11/h1-9,15H,10H2/t15-,22+/m0/s1. The van der Waals surface area contributed by atoms with Gasteiger partial charge in [0.25, 0.3) is 5.91 Å². The summed E-state index contributed by atoms with van der Waals surface area (Å²) in [5.41, 5.74) is 1.16. The predicted molar refractivity (Wildman–Crippen MR) is 88.8 cm³/mol. The Labute approximate surface area is 138 Å². The van der Waals surface area contributed by atoms with Crippen molar-refractivity contribution in [2.45, 2.75) is 5.25 Å². The molecule has 4 nitrogen and oxygen atoms in total. The Kier molecular flexibility index (Phi) is 4.22. The van der Waals surface area contributed by atoms with Crippen molar-refractivity contribution in [1.82, 2.24) is 0 Å². The molecule has 0 aromatic heterocycles. The van der Waals surface area contributed by atoms with Crippen molar-refractivity contribution in [2.75, 3.05) is 10.7 Å². The highest BCUT2D eigenvalue weighted by Gasteiger charge is 2.41. The van der Waals surface area contributed by atoms with E-state index in [2.05, 4.69) is 15.9 Å². The van der Waals surface area contributed by atoms with Crippen LogP contribution in [0.3, 0.4) is 0 Å². The average Bonchev–Trinajstić information content (AvgIpc) is 2.50. The van der Waals surface area contributed by atoms with E-state index in [4.69, 9.17) is 0 Å². The Morgan fingerprint density at radius 2 is 1.64 bits per heavy atom. The Hall–Kier alpha value is -1.79. The topological polar surface area (TPSA) is 54.5 Å². The van der Waals surface area contributed by atoms with Crippen molar-refractivity contribution in [3.8, 4) is 0 Å². The number of halogens is 1. The highest BCUT2D eigenvalue weighted by molar-refractivity contribution is 9.10. The third-order valence-electron chi connectivity index (χ3n) is 3.41. The van der Waals surface area contributed by atoms with Crippen LogP contribution < -0.4 is 4.90 Å². The Morgan fingerprint density at radius 3 is 2.27 bits per heavy atom. The number of hydrogen-bond donors (Lipinski definition) is 0. The van der Waals surface area contributed by atoms with Crippen LogP contribution in [0, 0.1) is 0 Å². The molecule has 1 heterocycles. The molecule has 0 spiro atoms. The van der Waals surface area contributed by atoms with Crippen LogP contribution in [-0.4, -0.2) is 21.8 Å². The number of imide groups is 1. The van der Waals surface area contributed by atoms with Crippen molar-refractivity contribution in [1.29, 1.82) is 0 Å². The number of amides is 2. The molecule has 6 heteroatoms. The summed E-state index contributed by atoms with van der Waals surface area (Å²) >= 11 is 3.32. The molecule has 2 amide bonds. The lowest BCUT2D eigenvalue weighted by molar-refractivity contribution is -0.125. The fourth-order valence-electron chi connectivity index (χ4n) is 2.41. The number of hydrogen-bond acceptors (Lipinski definition) is 3. The Balaban J connectivity index is 2.01. The quantitative estimate of drug-likeness (QED) is 0.756. The zero-order valence-corrected chi connectivity index (χ0v) is 13.8. The first-order valence-electron chi connectivity index (χ1n) is 6.62. The van der Waals surface area contributed by atoms with E-state index >= 15 is 0 Å². The summed E-state index contributed by atoms with van der Waals surface area (Å²) in [5.74, 6) is -1.03. The van der Waals surface area contributed by atoms with Gasteiger partial charge in [-0.15, -0.1) is 0 Å². The van der Waals surface area contributed by atoms with Crippen LogP contribution in [0.5, 0.6) is 0 Å². The lowest BCUT2D eigenvalue weighted by atomic mass is 10.1. The fourth-order valence-corrected chi connectivity index (χ4v) is 4.00. The van der Waals surface area contributed by atoms with E-state index in [9.17, 15) is 13.8 Å². The minimum Gasteiger partial charge on any atom is -0.273 e. The van der Waals surface area contributed by atoms with E-state index < -0.39 is 27.9 Å². The van der Waals surface area contributed by atoms with Crippen molar-refractivity contribution >= 4 is 44.2 Å². The monoisotopic (exact) mass is 377 g/mol. The number of anilines is 1. The maximum absolute atomic E-state index is 12.7. The van der Waals surface area contributed by atoms with Gasteiger partial charge < -0.3 is 0 Å². The highest BCUT2D eigenvalue weighted by Crippen LogP contribution is 2.30. The molecule has 0 N–H and O–H groups in total. The number of rotatable bonds is 2. The third kappa shape index (κ3) is 2.76. The minimum absolute atomic E-state index is 0.151. The molecule has 0 unspecified atom stereocenters. The van der Waals surface area contributed by atoms with Gasteiger partial charge in [-0.1, -0.05) is 46.3 Å². The van der Waals surface area contributed by atoms with Crippen LogP contribution in [0.15, 0.2) is 59.1 Å². The molecule has 2 atom stereocenters. The molecule has 22 heavy (non-hydrogen) atoms. The van der Waals surface area contributed by atoms with E-state index in [-0.39, 0.29) is 5.75 Å². The predicted octanol–water partition coefficient (Wildman–Crippen LogP) is 2.81. The summed E-state index contributed by atoms with van der Waals surface area (Å²) < 4.78 is 13.1. The van der Waals surface area contributed by atoms with Crippen molar-refractivity contribution in [3.05, 3.63) is 64.6 Å². The molecule has 2 aromatic carbocycles. The smallest absolute Gasteiger partial charge is 0.254 e. The van der Waals surface area contributed by atoms with Crippen LogP contribution in [0.25, 0.3) is 0 Å². The SMILES string of the molecule is O=C1C[S@@](=O)[C@@H](c2ccccc2)C(=O)N1c1ccc(Br)cc1. The van der Waals surface area contributed by atoms with Crippen molar-refractivity contribution in [2.24, 2.45) is 0 Å². The molecule has 112 valence electrons. The summed E-state index contributed by atoms with van der Waals surface area (Å²) in [7, 11) is -1.54. The van der Waals surface area contributed by atoms with Crippen molar-refractivity contribution in [3.63, 3.8) is 0 Å². The van der Waals surface area contributed by atoms with E-state index in [1.807, 2.05) is 6.07 Å². The van der Waals surface area contributed by atoms with Crippen LogP contribution in [0.1, 0.15) is 10.8 Å². The van der Waals surface area contributed by atoms with Crippen LogP contribution >= 0.6 is 15.9 Å². The molecular weight excluding hydrogens is 366 g/mol. The number of carbonyl (C=O) groups excluding carboxylic acids is 2. The van der Waals surface area contributed by atoms with Crippen LogP contribution in [0.2, 0.25) is 0 Å². The Bertz CT molecular complexity index is 746. The first kappa shape index (κ1) is 15.1. The molecule has 0 saturated carbocycles. The van der Waals surface area contributed by atoms with Crippen molar-refractivity contribution < 1.29 is 13.8 Å². The van der Waals surface area contributed by atoms with Gasteiger partial charge in [0, 0.05) is 15.3 Å². The van der Waals surface area contributed by atoms with Gasteiger partial charge in [0.2, 0.25) is 5.91 Å². The highest BCUT2D eigenvalue weighted by atomic mass is 79.9. The zero-order valence-electron chi connectivity index (χ0n) is 11.4. The van der Waals surface area contributed by atoms with Gasteiger partial charge in [-0.25, -0.2) is 4.90 Å². The zero-order chi connectivity index (χ0) is 15.7. The molecule has 0 aliphatic carbocycles. The number of benzene rings is 2. The molecular formula is C16H12BrNO3S. The maximum atomic E-state index is 12.7. The lowest BCUT2D eigenvalue weighted by Crippen LogP contribution is -2.49.